The number of hydrogen-bond acceptors (Lipinski definition) is 5. The molecule has 6 nitrogen and oxygen atoms in total. The number of carbonyl (C=O) groups excluding carboxylic acids is 2. The second-order valence-electron chi connectivity index (χ2n) is 5.97. The summed E-state index contributed by atoms with van der Waals surface area (Å²) in [4.78, 5) is 31.9. The molecule has 2 aromatic carbocycles. The van der Waals surface area contributed by atoms with Crippen LogP contribution in [-0.4, -0.2) is 21.7 Å². The Bertz CT molecular complexity index is 1000. The van der Waals surface area contributed by atoms with E-state index >= 15 is 0 Å². The molecule has 0 spiro atoms. The van der Waals surface area contributed by atoms with Crippen LogP contribution in [0.3, 0.4) is 0 Å². The van der Waals surface area contributed by atoms with Crippen LogP contribution in [-0.2, 0) is 0 Å². The van der Waals surface area contributed by atoms with Gasteiger partial charge in [-0.15, -0.1) is 0 Å². The van der Waals surface area contributed by atoms with Gasteiger partial charge in [-0.3, -0.25) is 9.59 Å². The van der Waals surface area contributed by atoms with Crippen LogP contribution >= 0.6 is 11.6 Å². The summed E-state index contributed by atoms with van der Waals surface area (Å²) >= 11 is 6.12. The van der Waals surface area contributed by atoms with Crippen molar-refractivity contribution >= 4 is 40.5 Å². The Balaban J connectivity index is 1.73. The van der Waals surface area contributed by atoms with Gasteiger partial charge in [-0.25, -0.2) is 9.97 Å². The molecule has 136 valence electrons. The largest absolute Gasteiger partial charge is 0.340 e. The number of hydrogen-bond donors (Lipinski definition) is 2. The highest BCUT2D eigenvalue weighted by Gasteiger charge is 2.10. The van der Waals surface area contributed by atoms with Crippen LogP contribution < -0.4 is 10.6 Å². The zero-order chi connectivity index (χ0) is 19.4. The molecular formula is C20H17ClN4O2. The molecule has 0 atom stereocenters. The standard InChI is InChI=1S/C20H17ClN4O2/c1-12-3-6-16(9-17(12)21)24-19-10-18(22-11-23-19)20(27)25-15-7-4-14(5-8-15)13(2)26/h3-11H,1-2H3,(H,25,27)(H,22,23,24). The monoisotopic (exact) mass is 380 g/mol. The fourth-order valence-corrected chi connectivity index (χ4v) is 2.53. The third-order valence-corrected chi connectivity index (χ3v) is 4.30. The molecule has 3 rings (SSSR count). The summed E-state index contributed by atoms with van der Waals surface area (Å²) in [7, 11) is 0. The molecule has 0 aliphatic heterocycles. The highest BCUT2D eigenvalue weighted by Crippen LogP contribution is 2.22. The third kappa shape index (κ3) is 4.68. The van der Waals surface area contributed by atoms with E-state index in [4.69, 9.17) is 11.6 Å². The normalized spacial score (nSPS) is 10.3. The molecule has 1 aromatic heterocycles. The topological polar surface area (TPSA) is 84.0 Å². The van der Waals surface area contributed by atoms with E-state index in [1.807, 2.05) is 19.1 Å². The number of Topliss-reactive ketones (excluding diaryl/α,β-unsaturated/α-hetero) is 1. The van der Waals surface area contributed by atoms with Gasteiger partial charge in [0.05, 0.1) is 0 Å². The molecule has 1 heterocycles. The third-order valence-electron chi connectivity index (χ3n) is 3.89. The number of aromatic nitrogens is 2. The summed E-state index contributed by atoms with van der Waals surface area (Å²) in [6.07, 6.45) is 1.31. The first-order valence-corrected chi connectivity index (χ1v) is 8.58. The highest BCUT2D eigenvalue weighted by molar-refractivity contribution is 6.31. The smallest absolute Gasteiger partial charge is 0.274 e. The molecule has 0 radical (unpaired) electrons. The van der Waals surface area contributed by atoms with E-state index in [0.29, 0.717) is 22.1 Å². The molecule has 0 unspecified atom stereocenters. The van der Waals surface area contributed by atoms with E-state index in [2.05, 4.69) is 20.6 Å². The van der Waals surface area contributed by atoms with Crippen molar-refractivity contribution in [2.45, 2.75) is 13.8 Å². The van der Waals surface area contributed by atoms with Crippen molar-refractivity contribution in [1.29, 1.82) is 0 Å². The SMILES string of the molecule is CC(=O)c1ccc(NC(=O)c2cc(Nc3ccc(C)c(Cl)c3)ncn2)cc1. The summed E-state index contributed by atoms with van der Waals surface area (Å²) in [5.41, 5.74) is 3.10. The number of carbonyl (C=O) groups is 2. The van der Waals surface area contributed by atoms with Gasteiger partial charge in [0.15, 0.2) is 5.78 Å². The van der Waals surface area contributed by atoms with Gasteiger partial charge in [0.25, 0.3) is 5.91 Å². The average Bonchev–Trinajstić information content (AvgIpc) is 2.65. The number of rotatable bonds is 5. The summed E-state index contributed by atoms with van der Waals surface area (Å²) in [5, 5.41) is 6.48. The molecule has 7 heteroatoms. The number of benzene rings is 2. The van der Waals surface area contributed by atoms with Crippen molar-refractivity contribution in [3.63, 3.8) is 0 Å². The van der Waals surface area contributed by atoms with Crippen molar-refractivity contribution in [2.24, 2.45) is 0 Å². The van der Waals surface area contributed by atoms with Crippen LogP contribution in [0.4, 0.5) is 17.2 Å². The maximum Gasteiger partial charge on any atom is 0.274 e. The van der Waals surface area contributed by atoms with Crippen LogP contribution in [0.5, 0.6) is 0 Å². The number of amides is 1. The van der Waals surface area contributed by atoms with Crippen LogP contribution in [0.2, 0.25) is 5.02 Å². The second-order valence-corrected chi connectivity index (χ2v) is 6.37. The van der Waals surface area contributed by atoms with Crippen molar-refractivity contribution in [2.75, 3.05) is 10.6 Å². The molecule has 2 N–H and O–H groups in total. The van der Waals surface area contributed by atoms with Gasteiger partial charge in [0, 0.05) is 28.0 Å². The van der Waals surface area contributed by atoms with E-state index in [-0.39, 0.29) is 17.4 Å². The summed E-state index contributed by atoms with van der Waals surface area (Å²) < 4.78 is 0. The fraction of sp³-hybridized carbons (Fsp3) is 0.100. The maximum atomic E-state index is 12.4. The number of nitrogens with zero attached hydrogens (tertiary/aromatic N) is 2. The van der Waals surface area contributed by atoms with E-state index < -0.39 is 0 Å². The minimum absolute atomic E-state index is 0.0318. The number of halogens is 1. The Labute approximate surface area is 161 Å². The Kier molecular flexibility index (Phi) is 5.47. The van der Waals surface area contributed by atoms with Gasteiger partial charge in [-0.1, -0.05) is 17.7 Å². The molecule has 0 fully saturated rings. The van der Waals surface area contributed by atoms with Crippen molar-refractivity contribution in [3.8, 4) is 0 Å². The Morgan fingerprint density at radius 1 is 0.963 bits per heavy atom. The number of ketones is 1. The highest BCUT2D eigenvalue weighted by atomic mass is 35.5. The number of nitrogens with one attached hydrogen (secondary N) is 2. The predicted octanol–water partition coefficient (Wildman–Crippen LogP) is 4.64. The van der Waals surface area contributed by atoms with E-state index in [0.717, 1.165) is 11.3 Å². The lowest BCUT2D eigenvalue weighted by molar-refractivity contribution is 0.101. The quantitative estimate of drug-likeness (QED) is 0.630. The fourth-order valence-electron chi connectivity index (χ4n) is 2.35. The zero-order valence-electron chi connectivity index (χ0n) is 14.8. The first-order valence-electron chi connectivity index (χ1n) is 8.20. The lowest BCUT2D eigenvalue weighted by Gasteiger charge is -2.09. The minimum Gasteiger partial charge on any atom is -0.340 e. The molecule has 1 amide bonds. The molecule has 3 aromatic rings. The molecule has 0 aliphatic carbocycles. The van der Waals surface area contributed by atoms with Gasteiger partial charge in [-0.05, 0) is 55.8 Å². The first-order chi connectivity index (χ1) is 12.9. The summed E-state index contributed by atoms with van der Waals surface area (Å²) in [6.45, 7) is 3.41. The van der Waals surface area contributed by atoms with Crippen LogP contribution in [0.1, 0.15) is 33.3 Å². The lowest BCUT2D eigenvalue weighted by atomic mass is 10.1. The van der Waals surface area contributed by atoms with Crippen LogP contribution in [0, 0.1) is 6.92 Å². The van der Waals surface area contributed by atoms with Crippen molar-refractivity contribution < 1.29 is 9.59 Å². The van der Waals surface area contributed by atoms with Crippen LogP contribution in [0.25, 0.3) is 0 Å². The lowest BCUT2D eigenvalue weighted by Crippen LogP contribution is -2.14. The Morgan fingerprint density at radius 2 is 1.67 bits per heavy atom. The van der Waals surface area contributed by atoms with Gasteiger partial charge in [0.2, 0.25) is 0 Å². The van der Waals surface area contributed by atoms with Crippen LogP contribution in [0.15, 0.2) is 54.9 Å². The zero-order valence-corrected chi connectivity index (χ0v) is 15.5. The van der Waals surface area contributed by atoms with E-state index in [1.165, 1.54) is 13.3 Å². The predicted molar refractivity (Wildman–Crippen MR) is 106 cm³/mol. The molecule has 27 heavy (non-hydrogen) atoms. The van der Waals surface area contributed by atoms with Crippen molar-refractivity contribution in [1.82, 2.24) is 9.97 Å². The van der Waals surface area contributed by atoms with Crippen molar-refractivity contribution in [3.05, 3.63) is 76.7 Å². The van der Waals surface area contributed by atoms with Gasteiger partial charge in [0.1, 0.15) is 17.8 Å². The Morgan fingerprint density at radius 3 is 2.33 bits per heavy atom. The van der Waals surface area contributed by atoms with Gasteiger partial charge in [-0.2, -0.15) is 0 Å². The van der Waals surface area contributed by atoms with E-state index in [9.17, 15) is 9.59 Å². The van der Waals surface area contributed by atoms with Gasteiger partial charge >= 0.3 is 0 Å². The number of anilines is 3. The Hall–Kier alpha value is -3.25. The van der Waals surface area contributed by atoms with E-state index in [1.54, 1.807) is 36.4 Å². The molecule has 0 saturated heterocycles. The molecule has 0 aliphatic rings. The second kappa shape index (κ2) is 7.97. The number of aryl methyl sites for hydroxylation is 1. The minimum atomic E-state index is -0.377. The molecular weight excluding hydrogens is 364 g/mol. The molecule has 0 bridgehead atoms. The summed E-state index contributed by atoms with van der Waals surface area (Å²) in [6, 6.07) is 13.8. The maximum absolute atomic E-state index is 12.4. The molecule has 0 saturated carbocycles. The first kappa shape index (κ1) is 18.5. The summed E-state index contributed by atoms with van der Waals surface area (Å²) in [5.74, 6) is 0.0653. The van der Waals surface area contributed by atoms with Gasteiger partial charge < -0.3 is 10.6 Å². The average molecular weight is 381 g/mol.